The minimum Gasteiger partial charge on any atom is -0.301 e. The number of nitrogens with one attached hydrogen (secondary N) is 1. The number of nitrogens with zero attached hydrogens (tertiary/aromatic N) is 3. The molecule has 0 bridgehead atoms. The van der Waals surface area contributed by atoms with Crippen molar-refractivity contribution < 1.29 is 0 Å². The van der Waals surface area contributed by atoms with Crippen LogP contribution in [0, 0.1) is 11.3 Å². The summed E-state index contributed by atoms with van der Waals surface area (Å²) < 4.78 is 0. The lowest BCUT2D eigenvalue weighted by atomic mass is 10.2. The van der Waals surface area contributed by atoms with Crippen molar-refractivity contribution in [3.63, 3.8) is 0 Å². The van der Waals surface area contributed by atoms with Crippen LogP contribution < -0.4 is 5.56 Å². The monoisotopic (exact) mass is 244 g/mol. The zero-order valence-electron chi connectivity index (χ0n) is 8.75. The highest BCUT2D eigenvalue weighted by Crippen LogP contribution is 2.18. The van der Waals surface area contributed by atoms with Gasteiger partial charge in [-0.05, 0) is 11.6 Å². The van der Waals surface area contributed by atoms with Crippen molar-refractivity contribution in [3.05, 3.63) is 52.2 Å². The maximum atomic E-state index is 11.1. The maximum absolute atomic E-state index is 11.1. The maximum Gasteiger partial charge on any atom is 0.251 e. The third kappa shape index (κ3) is 2.92. The van der Waals surface area contributed by atoms with Crippen LogP contribution in [0.1, 0.15) is 11.3 Å². The first-order valence-corrected chi connectivity index (χ1v) is 5.80. The lowest BCUT2D eigenvalue weighted by molar-refractivity contribution is 0.936. The summed E-state index contributed by atoms with van der Waals surface area (Å²) in [5, 5.41) is 9.40. The minimum atomic E-state index is -0.186. The number of aromatic amines is 1. The quantitative estimate of drug-likeness (QED) is 0.650. The average molecular weight is 244 g/mol. The van der Waals surface area contributed by atoms with Crippen molar-refractivity contribution in [1.29, 1.82) is 5.26 Å². The molecule has 0 saturated carbocycles. The van der Waals surface area contributed by atoms with Gasteiger partial charge in [-0.1, -0.05) is 17.8 Å². The lowest BCUT2D eigenvalue weighted by Gasteiger charge is -2.01. The predicted molar refractivity (Wildman–Crippen MR) is 63.4 cm³/mol. The van der Waals surface area contributed by atoms with E-state index in [9.17, 15) is 4.79 Å². The van der Waals surface area contributed by atoms with Gasteiger partial charge in [-0.3, -0.25) is 4.79 Å². The van der Waals surface area contributed by atoms with Gasteiger partial charge in [0.05, 0.1) is 0 Å². The van der Waals surface area contributed by atoms with Gasteiger partial charge in [0, 0.05) is 24.2 Å². The normalized spacial score (nSPS) is 9.82. The zero-order valence-corrected chi connectivity index (χ0v) is 9.57. The molecule has 2 rings (SSSR count). The van der Waals surface area contributed by atoms with Crippen LogP contribution in [0.2, 0.25) is 0 Å². The van der Waals surface area contributed by atoms with Crippen LogP contribution in [0.15, 0.2) is 40.5 Å². The van der Waals surface area contributed by atoms with Gasteiger partial charge in [0.1, 0.15) is 11.8 Å². The number of thioether (sulfide) groups is 1. The van der Waals surface area contributed by atoms with Gasteiger partial charge < -0.3 is 4.98 Å². The second-order valence-electron chi connectivity index (χ2n) is 3.15. The summed E-state index contributed by atoms with van der Waals surface area (Å²) in [6.07, 6.45) is 3.03. The first-order chi connectivity index (χ1) is 8.29. The number of rotatable bonds is 3. The molecule has 0 aliphatic heterocycles. The van der Waals surface area contributed by atoms with E-state index in [-0.39, 0.29) is 5.56 Å². The van der Waals surface area contributed by atoms with Crippen LogP contribution in [0.3, 0.4) is 0 Å². The fraction of sp³-hybridized carbons (Fsp3) is 0.0909. The number of nitriles is 1. The van der Waals surface area contributed by atoms with E-state index in [1.165, 1.54) is 24.0 Å². The molecule has 0 fully saturated rings. The molecular formula is C11H8N4OS. The van der Waals surface area contributed by atoms with Crippen LogP contribution in [0.25, 0.3) is 0 Å². The molecular weight excluding hydrogens is 236 g/mol. The van der Waals surface area contributed by atoms with Gasteiger partial charge in [-0.25, -0.2) is 9.97 Å². The van der Waals surface area contributed by atoms with Gasteiger partial charge in [-0.15, -0.1) is 0 Å². The number of aromatic nitrogens is 3. The summed E-state index contributed by atoms with van der Waals surface area (Å²) in [6.45, 7) is 0. The summed E-state index contributed by atoms with van der Waals surface area (Å²) in [5.74, 6) is 0.545. The Morgan fingerprint density at radius 2 is 2.24 bits per heavy atom. The van der Waals surface area contributed by atoms with E-state index in [2.05, 4.69) is 15.0 Å². The molecule has 0 aliphatic carbocycles. The Hall–Kier alpha value is -2.13. The second kappa shape index (κ2) is 5.27. The fourth-order valence-electron chi connectivity index (χ4n) is 1.23. The van der Waals surface area contributed by atoms with Crippen molar-refractivity contribution in [2.24, 2.45) is 0 Å². The van der Waals surface area contributed by atoms with E-state index in [4.69, 9.17) is 5.26 Å². The number of hydrogen-bond donors (Lipinski definition) is 1. The van der Waals surface area contributed by atoms with Crippen molar-refractivity contribution in [3.8, 4) is 6.07 Å². The van der Waals surface area contributed by atoms with Crippen LogP contribution in [-0.2, 0) is 5.75 Å². The molecule has 1 N–H and O–H groups in total. The standard InChI is InChI=1S/C11H8N4OS/c12-6-9-8(2-1-4-13-9)7-17-11-14-5-3-10(16)15-11/h1-5H,7H2,(H,14,15,16). The molecule has 0 aliphatic rings. The third-order valence-corrected chi connectivity index (χ3v) is 2.95. The second-order valence-corrected chi connectivity index (χ2v) is 4.11. The highest BCUT2D eigenvalue weighted by molar-refractivity contribution is 7.98. The Balaban J connectivity index is 2.13. The molecule has 2 aromatic rings. The van der Waals surface area contributed by atoms with Gasteiger partial charge in [0.2, 0.25) is 0 Å². The van der Waals surface area contributed by atoms with Crippen molar-refractivity contribution in [2.45, 2.75) is 10.9 Å². The van der Waals surface area contributed by atoms with E-state index in [1.54, 1.807) is 12.3 Å². The zero-order chi connectivity index (χ0) is 12.1. The molecule has 6 heteroatoms. The fourth-order valence-corrected chi connectivity index (χ4v) is 2.06. The molecule has 0 saturated heterocycles. The van der Waals surface area contributed by atoms with E-state index < -0.39 is 0 Å². The SMILES string of the molecule is N#Cc1ncccc1CSc1nccc(=O)[nH]1. The predicted octanol–water partition coefficient (Wildman–Crippen LogP) is 1.33. The highest BCUT2D eigenvalue weighted by atomic mass is 32.2. The minimum absolute atomic E-state index is 0.186. The van der Waals surface area contributed by atoms with Crippen LogP contribution in [0.4, 0.5) is 0 Å². The number of H-pyrrole nitrogens is 1. The highest BCUT2D eigenvalue weighted by Gasteiger charge is 2.04. The van der Waals surface area contributed by atoms with Crippen LogP contribution in [0.5, 0.6) is 0 Å². The molecule has 0 unspecified atom stereocenters. The Morgan fingerprint density at radius 1 is 1.35 bits per heavy atom. The van der Waals surface area contributed by atoms with E-state index in [0.717, 1.165) is 5.56 Å². The largest absolute Gasteiger partial charge is 0.301 e. The molecule has 2 aromatic heterocycles. The Labute approximate surface area is 102 Å². The smallest absolute Gasteiger partial charge is 0.251 e. The van der Waals surface area contributed by atoms with Gasteiger partial charge >= 0.3 is 0 Å². The summed E-state index contributed by atoms with van der Waals surface area (Å²) in [4.78, 5) is 21.6. The molecule has 0 atom stereocenters. The van der Waals surface area contributed by atoms with Gasteiger partial charge in [0.15, 0.2) is 5.16 Å². The molecule has 5 nitrogen and oxygen atoms in total. The Kier molecular flexibility index (Phi) is 3.52. The van der Waals surface area contributed by atoms with Crippen molar-refractivity contribution in [1.82, 2.24) is 15.0 Å². The molecule has 0 spiro atoms. The van der Waals surface area contributed by atoms with E-state index >= 15 is 0 Å². The van der Waals surface area contributed by atoms with Gasteiger partial charge in [-0.2, -0.15) is 5.26 Å². The third-order valence-electron chi connectivity index (χ3n) is 2.01. The first-order valence-electron chi connectivity index (χ1n) is 4.82. The Morgan fingerprint density at radius 3 is 3.00 bits per heavy atom. The molecule has 2 heterocycles. The summed E-state index contributed by atoms with van der Waals surface area (Å²) in [5.41, 5.74) is 1.04. The number of hydrogen-bond acceptors (Lipinski definition) is 5. The first kappa shape index (κ1) is 11.4. The summed E-state index contributed by atoms with van der Waals surface area (Å²) in [6, 6.07) is 6.99. The lowest BCUT2D eigenvalue weighted by Crippen LogP contribution is -2.05. The van der Waals surface area contributed by atoms with Gasteiger partial charge in [0.25, 0.3) is 5.56 Å². The molecule has 0 radical (unpaired) electrons. The number of pyridine rings is 1. The molecule has 17 heavy (non-hydrogen) atoms. The van der Waals surface area contributed by atoms with E-state index in [0.29, 0.717) is 16.6 Å². The summed E-state index contributed by atoms with van der Waals surface area (Å²) >= 11 is 1.36. The molecule has 84 valence electrons. The van der Waals surface area contributed by atoms with E-state index in [1.807, 2.05) is 12.1 Å². The van der Waals surface area contributed by atoms with Crippen molar-refractivity contribution >= 4 is 11.8 Å². The average Bonchev–Trinajstić information content (AvgIpc) is 2.37. The summed E-state index contributed by atoms with van der Waals surface area (Å²) in [7, 11) is 0. The topological polar surface area (TPSA) is 82.4 Å². The molecule has 0 aromatic carbocycles. The van der Waals surface area contributed by atoms with Crippen molar-refractivity contribution in [2.75, 3.05) is 0 Å². The molecule has 0 amide bonds. The van der Waals surface area contributed by atoms with Crippen LogP contribution in [-0.4, -0.2) is 15.0 Å². The Bertz CT molecular complexity index is 617. The van der Waals surface area contributed by atoms with Crippen LogP contribution >= 0.6 is 11.8 Å².